The summed E-state index contributed by atoms with van der Waals surface area (Å²) in [7, 11) is 5.18. The van der Waals surface area contributed by atoms with E-state index in [4.69, 9.17) is 33.6 Å². The summed E-state index contributed by atoms with van der Waals surface area (Å²) in [6.45, 7) is 22.6. The van der Waals surface area contributed by atoms with Crippen LogP contribution >= 0.6 is 0 Å². The Kier molecular flexibility index (Phi) is 27.0. The predicted molar refractivity (Wildman–Crippen MR) is 287 cm³/mol. The van der Waals surface area contributed by atoms with Gasteiger partial charge in [-0.1, -0.05) is 67.7 Å². The van der Waals surface area contributed by atoms with E-state index in [1.165, 1.54) is 27.9 Å². The van der Waals surface area contributed by atoms with Crippen LogP contribution in [0.2, 0.25) is 0 Å². The number of carbonyl (C=O) groups excluding carboxylic acids is 5. The molecule has 0 aromatic rings. The summed E-state index contributed by atoms with van der Waals surface area (Å²) in [6, 6.07) is -1.22. The maximum Gasteiger partial charge on any atom is 0.311 e. The molecule has 0 spiro atoms. The van der Waals surface area contributed by atoms with Crippen LogP contribution in [-0.2, 0) is 52.4 Å². The van der Waals surface area contributed by atoms with Gasteiger partial charge in [-0.25, -0.2) is 5.48 Å². The third-order valence-electron chi connectivity index (χ3n) is 17.0. The zero-order valence-electron chi connectivity index (χ0n) is 49.7. The van der Waals surface area contributed by atoms with Crippen molar-refractivity contribution in [3.05, 3.63) is 0 Å². The first kappa shape index (κ1) is 69.3. The van der Waals surface area contributed by atoms with Gasteiger partial charge in [0.05, 0.1) is 60.3 Å². The van der Waals surface area contributed by atoms with Gasteiger partial charge in [-0.05, 0) is 100 Å². The number of likely N-dealkylation sites (tertiary alicyclic amines) is 1. The molecular weight excluding hydrogens is 1020 g/mol. The van der Waals surface area contributed by atoms with Gasteiger partial charge in [0, 0.05) is 56.2 Å². The number of aliphatic hydroxyl groups is 6. The quantitative estimate of drug-likeness (QED) is 0.0412. The molecule has 4 aliphatic heterocycles. The largest absolute Gasteiger partial charge is 0.459 e. The van der Waals surface area contributed by atoms with Gasteiger partial charge >= 0.3 is 5.97 Å². The summed E-state index contributed by atoms with van der Waals surface area (Å²) in [5, 5.41) is 78.7. The van der Waals surface area contributed by atoms with Crippen molar-refractivity contribution in [1.82, 2.24) is 20.6 Å². The maximum atomic E-state index is 14.1. The molecule has 22 heteroatoms. The molecule has 4 fully saturated rings. The zero-order valence-corrected chi connectivity index (χ0v) is 49.7. The van der Waals surface area contributed by atoms with E-state index in [2.05, 4.69) is 12.2 Å². The minimum Gasteiger partial charge on any atom is -0.459 e. The normalized spacial score (nSPS) is 39.1. The Morgan fingerprint density at radius 3 is 2.10 bits per heavy atom. The van der Waals surface area contributed by atoms with Crippen LogP contribution in [0.5, 0.6) is 0 Å². The number of ether oxygens (including phenoxy) is 6. The number of nitrogens with one attached hydrogen (secondary N) is 2. The van der Waals surface area contributed by atoms with Gasteiger partial charge < -0.3 is 74.2 Å². The number of hydrogen-bond donors (Lipinski definition) is 9. The molecule has 0 aromatic heterocycles. The highest BCUT2D eigenvalue weighted by atomic mass is 16.7. The number of rotatable bonds is 18. The minimum absolute atomic E-state index is 0.0825. The van der Waals surface area contributed by atoms with Crippen LogP contribution in [0.25, 0.3) is 0 Å². The highest BCUT2D eigenvalue weighted by Crippen LogP contribution is 2.41. The van der Waals surface area contributed by atoms with Gasteiger partial charge in [-0.2, -0.15) is 0 Å². The predicted octanol–water partition coefficient (Wildman–Crippen LogP) is 2.99. The monoisotopic (exact) mass is 1120 g/mol. The number of likely N-dealkylation sites (N-methyl/N-ethyl adjacent to an activating group) is 1. The van der Waals surface area contributed by atoms with Crippen LogP contribution in [0, 0.1) is 35.5 Å². The molecule has 0 saturated carbocycles. The van der Waals surface area contributed by atoms with E-state index in [0.717, 1.165) is 32.1 Å². The van der Waals surface area contributed by atoms with Gasteiger partial charge in [0.25, 0.3) is 0 Å². The average Bonchev–Trinajstić information content (AvgIpc) is 3.87. The first-order valence-electron chi connectivity index (χ1n) is 28.5. The molecule has 3 amide bonds. The molecular formula is C56H102N4O18. The molecule has 454 valence electrons. The lowest BCUT2D eigenvalue weighted by molar-refractivity contribution is -0.318. The summed E-state index contributed by atoms with van der Waals surface area (Å²) in [6.07, 6.45) is -4.96. The molecule has 4 saturated heterocycles. The molecule has 4 heterocycles. The Morgan fingerprint density at radius 1 is 0.910 bits per heavy atom. The van der Waals surface area contributed by atoms with Crippen molar-refractivity contribution < 1.29 is 88.2 Å². The van der Waals surface area contributed by atoms with Crippen molar-refractivity contribution in [3.63, 3.8) is 0 Å². The van der Waals surface area contributed by atoms with E-state index in [-0.39, 0.29) is 68.2 Å². The van der Waals surface area contributed by atoms with Crippen molar-refractivity contribution in [1.29, 1.82) is 0 Å². The maximum absolute atomic E-state index is 14.1. The average molecular weight is 1120 g/mol. The van der Waals surface area contributed by atoms with Crippen LogP contribution in [0.15, 0.2) is 0 Å². The van der Waals surface area contributed by atoms with E-state index in [9.17, 15) is 54.6 Å². The lowest BCUT2D eigenvalue weighted by Crippen LogP contribution is -2.61. The number of amides is 3. The van der Waals surface area contributed by atoms with Gasteiger partial charge in [0.15, 0.2) is 12.6 Å². The standard InChI is InChI=1S/C37H67NO13.C19H35N3O5/c1-14-25-37(10,45)30(41)20(4)27(39)18(2)16-35(8,44)32(51-34-28(40)24(38(11)12)15-19(3)47-34)21(5)29(22(6)33(43)49-25)50-26-17-36(9,46-13)31(42)23(7)48-26;1-4-5-6-8-14(11-16(24)21-27)18(25)20-17(13(2)3)19(26)22-10-7-9-15(22)12-23/h18-26,28-32,34,40-42,44-45H,14-17H2,1-13H3;13-15,17,23,27H,4-12H2,1-3H3,(H,20,25)(H,21,24)/t18-,19-,20+,21+,22-,23+,24+,25-,26+,28-,29+,30-,31+,32-,34+,35-,36-,37-;/m1./s1. The third-order valence-corrected chi connectivity index (χ3v) is 17.0. The fraction of sp³-hybridized carbons (Fsp3) is 0.911. The first-order valence-corrected chi connectivity index (χ1v) is 28.5. The molecule has 4 rings (SSSR count). The third kappa shape index (κ3) is 17.5. The molecule has 0 aromatic carbocycles. The summed E-state index contributed by atoms with van der Waals surface area (Å²) >= 11 is 0. The van der Waals surface area contributed by atoms with Gasteiger partial charge in [0.1, 0.15) is 35.7 Å². The van der Waals surface area contributed by atoms with E-state index >= 15 is 0 Å². The topological polar surface area (TPSA) is 313 Å². The number of aliphatic hydroxyl groups excluding tert-OH is 4. The van der Waals surface area contributed by atoms with E-state index in [0.29, 0.717) is 19.4 Å². The van der Waals surface area contributed by atoms with E-state index < -0.39 is 125 Å². The lowest BCUT2D eigenvalue weighted by Gasteiger charge is -2.49. The molecule has 4 aliphatic rings. The number of unbranched alkanes of at least 4 members (excludes halogenated alkanes) is 2. The van der Waals surface area contributed by atoms with Crippen LogP contribution in [0.3, 0.4) is 0 Å². The SMILES string of the molecule is CCCCCC(CC(=O)NO)C(=O)NC(C(=O)N1CCCC1CO)C(C)C.CC[C@H]1OC(=O)[C@H](C)[C@@H](O[C@H]2C[C@@](C)(OC)[C@@H](O)[C@H](C)O2)[C@H](C)[C@@H](O[C@@H]2O[C@H](C)C[C@H](N(C)C)[C@H]2O)[C@](C)(O)C[C@@H](C)C(=O)[C@H](C)[C@@H](O)[C@]1(C)O. The fourth-order valence-corrected chi connectivity index (χ4v) is 11.9. The zero-order chi connectivity index (χ0) is 59.4. The lowest BCUT2D eigenvalue weighted by atomic mass is 9.74. The van der Waals surface area contributed by atoms with Crippen molar-refractivity contribution in [2.24, 2.45) is 35.5 Å². The number of carbonyl (C=O) groups is 5. The number of hydroxylamine groups is 1. The number of ketones is 1. The highest BCUT2D eigenvalue weighted by Gasteiger charge is 2.54. The van der Waals surface area contributed by atoms with Crippen molar-refractivity contribution in [2.75, 3.05) is 34.4 Å². The molecule has 21 atom stereocenters. The number of esters is 1. The molecule has 22 nitrogen and oxygen atoms in total. The Labute approximate surface area is 463 Å². The highest BCUT2D eigenvalue weighted by molar-refractivity contribution is 5.91. The summed E-state index contributed by atoms with van der Waals surface area (Å²) in [5.74, 6) is -6.83. The second-order valence-corrected chi connectivity index (χ2v) is 24.1. The molecule has 0 aliphatic carbocycles. The van der Waals surface area contributed by atoms with Gasteiger partial charge in [-0.15, -0.1) is 0 Å². The fourth-order valence-electron chi connectivity index (χ4n) is 11.9. The van der Waals surface area contributed by atoms with Crippen LogP contribution in [-0.4, -0.2) is 206 Å². The Morgan fingerprint density at radius 2 is 1.55 bits per heavy atom. The summed E-state index contributed by atoms with van der Waals surface area (Å²) in [4.78, 5) is 68.7. The Balaban J connectivity index is 0.000000498. The van der Waals surface area contributed by atoms with Crippen molar-refractivity contribution >= 4 is 29.5 Å². The molecule has 0 radical (unpaired) electrons. The van der Waals surface area contributed by atoms with Gasteiger partial charge in [-0.3, -0.25) is 29.2 Å². The smallest absolute Gasteiger partial charge is 0.311 e. The number of methoxy groups -OCH3 is 1. The first-order chi connectivity index (χ1) is 36.3. The number of cyclic esters (lactones) is 1. The van der Waals surface area contributed by atoms with E-state index in [1.807, 2.05) is 39.8 Å². The summed E-state index contributed by atoms with van der Waals surface area (Å²) < 4.78 is 37.1. The second-order valence-electron chi connectivity index (χ2n) is 24.1. The molecule has 0 bridgehead atoms. The van der Waals surface area contributed by atoms with Crippen molar-refractivity contribution in [3.8, 4) is 0 Å². The molecule has 3 unspecified atom stereocenters. The number of nitrogens with zero attached hydrogens (tertiary/aromatic N) is 2. The van der Waals surface area contributed by atoms with Crippen LogP contribution in [0.1, 0.15) is 161 Å². The molecule has 78 heavy (non-hydrogen) atoms. The Hall–Kier alpha value is -2.97. The number of hydrogen-bond acceptors (Lipinski definition) is 19. The van der Waals surface area contributed by atoms with Crippen molar-refractivity contribution in [2.45, 2.75) is 257 Å². The summed E-state index contributed by atoms with van der Waals surface area (Å²) in [5.41, 5.74) is -3.26. The van der Waals surface area contributed by atoms with Gasteiger partial charge in [0.2, 0.25) is 17.7 Å². The molecule has 9 N–H and O–H groups in total. The minimum atomic E-state index is -1.99. The van der Waals surface area contributed by atoms with E-state index in [1.54, 1.807) is 51.9 Å². The second kappa shape index (κ2) is 30.4. The Bertz CT molecular complexity index is 1910. The number of Topliss-reactive ketones (excluding diaryl/α,β-unsaturated/α-hetero) is 1. The van der Waals surface area contributed by atoms with Crippen LogP contribution < -0.4 is 10.8 Å². The van der Waals surface area contributed by atoms with Crippen LogP contribution in [0.4, 0.5) is 0 Å².